The quantitative estimate of drug-likeness (QED) is 0.582. The molecular formula is C22H21FN4OS. The van der Waals surface area contributed by atoms with Crippen molar-refractivity contribution in [3.05, 3.63) is 72.2 Å². The average Bonchev–Trinajstić information content (AvgIpc) is 2.83. The van der Waals surface area contributed by atoms with Crippen molar-refractivity contribution in [3.8, 4) is 11.3 Å². The molecule has 3 N–H and O–H groups in total. The predicted octanol–water partition coefficient (Wildman–Crippen LogP) is 5.23. The Labute approximate surface area is 173 Å². The van der Waals surface area contributed by atoms with Gasteiger partial charge in [-0.1, -0.05) is 18.2 Å². The van der Waals surface area contributed by atoms with Crippen molar-refractivity contribution < 1.29 is 9.18 Å². The molecule has 0 saturated carbocycles. The smallest absolute Gasteiger partial charge is 0.307 e. The van der Waals surface area contributed by atoms with Gasteiger partial charge in [0.05, 0.1) is 10.6 Å². The zero-order valence-corrected chi connectivity index (χ0v) is 16.6. The maximum absolute atomic E-state index is 14.1. The fourth-order valence-electron chi connectivity index (χ4n) is 3.47. The third kappa shape index (κ3) is 4.26. The lowest BCUT2D eigenvalue weighted by atomic mass is 10.1. The molecule has 5 nitrogen and oxygen atoms in total. The third-order valence-electron chi connectivity index (χ3n) is 4.99. The molecule has 29 heavy (non-hydrogen) atoms. The van der Waals surface area contributed by atoms with Gasteiger partial charge in [0, 0.05) is 29.7 Å². The van der Waals surface area contributed by atoms with Crippen LogP contribution in [0.4, 0.5) is 20.6 Å². The molecule has 7 heteroatoms. The highest BCUT2D eigenvalue weighted by molar-refractivity contribution is 7.97. The molecule has 0 radical (unpaired) electrons. The average molecular weight is 409 g/mol. The molecule has 0 atom stereocenters. The van der Waals surface area contributed by atoms with Crippen LogP contribution in [0.5, 0.6) is 0 Å². The van der Waals surface area contributed by atoms with Gasteiger partial charge >= 0.3 is 6.03 Å². The standard InChI is InChI=1S/C22H21FN4OS/c23-18-13-16-5-2-4-12-27(22(28)26-20(16)14-21(18)29-24)17-9-7-15(8-10-17)19-6-1-3-11-25-19/h1,3,6-11,13-14H,2,4-5,12,24H2,(H,26,28). The lowest BCUT2D eigenvalue weighted by Gasteiger charge is -2.23. The Balaban J connectivity index is 1.61. The molecule has 0 saturated heterocycles. The molecule has 1 aliphatic heterocycles. The van der Waals surface area contributed by atoms with Crippen molar-refractivity contribution in [3.63, 3.8) is 0 Å². The van der Waals surface area contributed by atoms with E-state index in [0.717, 1.165) is 47.3 Å². The minimum absolute atomic E-state index is 0.238. The lowest BCUT2D eigenvalue weighted by Crippen LogP contribution is -2.35. The number of halogens is 1. The monoisotopic (exact) mass is 408 g/mol. The van der Waals surface area contributed by atoms with Gasteiger partial charge in [-0.25, -0.2) is 9.18 Å². The second-order valence-electron chi connectivity index (χ2n) is 6.86. The van der Waals surface area contributed by atoms with Crippen LogP contribution >= 0.6 is 11.9 Å². The number of hydrogen-bond acceptors (Lipinski definition) is 4. The summed E-state index contributed by atoms with van der Waals surface area (Å²) in [5, 5.41) is 8.49. The van der Waals surface area contributed by atoms with Crippen molar-refractivity contribution in [2.45, 2.75) is 24.2 Å². The molecular weight excluding hydrogens is 387 g/mol. The lowest BCUT2D eigenvalue weighted by molar-refractivity contribution is 0.257. The SMILES string of the molecule is NSc1cc2c(cc1F)CCCCN(c1ccc(-c3ccccn3)cc1)C(=O)N2. The summed E-state index contributed by atoms with van der Waals surface area (Å²) in [5.74, 6) is -0.355. The summed E-state index contributed by atoms with van der Waals surface area (Å²) in [7, 11) is 0. The molecule has 0 fully saturated rings. The normalized spacial score (nSPS) is 14.4. The Bertz CT molecular complexity index is 1010. The van der Waals surface area contributed by atoms with E-state index in [1.54, 1.807) is 17.2 Å². The molecule has 0 unspecified atom stereocenters. The van der Waals surface area contributed by atoms with E-state index in [0.29, 0.717) is 23.5 Å². The maximum Gasteiger partial charge on any atom is 0.326 e. The number of anilines is 2. The molecule has 0 bridgehead atoms. The van der Waals surface area contributed by atoms with Gasteiger partial charge in [-0.3, -0.25) is 15.0 Å². The molecule has 2 heterocycles. The summed E-state index contributed by atoms with van der Waals surface area (Å²) in [5.41, 5.74) is 4.09. The molecule has 2 aromatic carbocycles. The van der Waals surface area contributed by atoms with Crippen molar-refractivity contribution in [2.24, 2.45) is 5.14 Å². The Morgan fingerprint density at radius 2 is 1.93 bits per heavy atom. The van der Waals surface area contributed by atoms with Crippen molar-refractivity contribution >= 4 is 29.4 Å². The summed E-state index contributed by atoms with van der Waals surface area (Å²) in [6, 6.07) is 16.4. The van der Waals surface area contributed by atoms with Crippen LogP contribution in [0.3, 0.4) is 0 Å². The van der Waals surface area contributed by atoms with Crippen LogP contribution in [0.15, 0.2) is 65.7 Å². The number of aryl methyl sites for hydroxylation is 1. The van der Waals surface area contributed by atoms with Crippen LogP contribution in [0, 0.1) is 5.82 Å². The number of nitrogens with one attached hydrogen (secondary N) is 1. The van der Waals surface area contributed by atoms with E-state index in [1.165, 1.54) is 6.07 Å². The minimum Gasteiger partial charge on any atom is -0.307 e. The van der Waals surface area contributed by atoms with Crippen molar-refractivity contribution in [1.29, 1.82) is 0 Å². The van der Waals surface area contributed by atoms with Crippen LogP contribution in [-0.2, 0) is 6.42 Å². The highest BCUT2D eigenvalue weighted by Gasteiger charge is 2.20. The number of carbonyl (C=O) groups excluding carboxylic acids is 1. The van der Waals surface area contributed by atoms with E-state index in [2.05, 4.69) is 10.3 Å². The number of rotatable bonds is 3. The Hall–Kier alpha value is -2.90. The van der Waals surface area contributed by atoms with E-state index in [9.17, 15) is 9.18 Å². The maximum atomic E-state index is 14.1. The van der Waals surface area contributed by atoms with Gasteiger partial charge in [0.2, 0.25) is 0 Å². The van der Waals surface area contributed by atoms with Gasteiger partial charge in [-0.15, -0.1) is 0 Å². The number of fused-ring (bicyclic) bond motifs is 1. The fraction of sp³-hybridized carbons (Fsp3) is 0.182. The van der Waals surface area contributed by atoms with E-state index in [4.69, 9.17) is 5.14 Å². The summed E-state index contributed by atoms with van der Waals surface area (Å²) in [6.07, 6.45) is 4.14. The Morgan fingerprint density at radius 1 is 1.10 bits per heavy atom. The van der Waals surface area contributed by atoms with E-state index in [-0.39, 0.29) is 11.8 Å². The first-order chi connectivity index (χ1) is 14.2. The topological polar surface area (TPSA) is 71.2 Å². The van der Waals surface area contributed by atoms with Gasteiger partial charge < -0.3 is 5.32 Å². The van der Waals surface area contributed by atoms with Crippen LogP contribution in [0.2, 0.25) is 0 Å². The Kier molecular flexibility index (Phi) is 5.78. The van der Waals surface area contributed by atoms with Gasteiger partial charge in [0.1, 0.15) is 5.82 Å². The number of benzene rings is 2. The van der Waals surface area contributed by atoms with Crippen LogP contribution < -0.4 is 15.4 Å². The van der Waals surface area contributed by atoms with Gasteiger partial charge in [-0.2, -0.15) is 0 Å². The third-order valence-corrected chi connectivity index (χ3v) is 5.56. The van der Waals surface area contributed by atoms with Gasteiger partial charge in [0.25, 0.3) is 0 Å². The summed E-state index contributed by atoms with van der Waals surface area (Å²) >= 11 is 0.838. The first-order valence-electron chi connectivity index (χ1n) is 9.45. The minimum atomic E-state index is -0.355. The Morgan fingerprint density at radius 3 is 2.66 bits per heavy atom. The molecule has 1 aromatic heterocycles. The van der Waals surface area contributed by atoms with E-state index < -0.39 is 0 Å². The molecule has 2 amide bonds. The zero-order chi connectivity index (χ0) is 20.2. The molecule has 3 aromatic rings. The number of urea groups is 1. The van der Waals surface area contributed by atoms with Gasteiger partial charge in [0.15, 0.2) is 0 Å². The van der Waals surface area contributed by atoms with Crippen molar-refractivity contribution in [1.82, 2.24) is 4.98 Å². The second-order valence-corrected chi connectivity index (χ2v) is 7.53. The number of pyridine rings is 1. The number of carbonyl (C=O) groups is 1. The number of amides is 2. The highest BCUT2D eigenvalue weighted by Crippen LogP contribution is 2.29. The van der Waals surface area contributed by atoms with Crippen LogP contribution in [0.1, 0.15) is 18.4 Å². The van der Waals surface area contributed by atoms with E-state index >= 15 is 0 Å². The largest absolute Gasteiger partial charge is 0.326 e. The number of hydrogen-bond donors (Lipinski definition) is 2. The number of nitrogens with two attached hydrogens (primary N) is 1. The first-order valence-corrected chi connectivity index (χ1v) is 10.3. The fourth-order valence-corrected chi connectivity index (χ4v) is 3.83. The summed E-state index contributed by atoms with van der Waals surface area (Å²) in [4.78, 5) is 19.4. The molecule has 4 rings (SSSR count). The number of nitrogens with zero attached hydrogens (tertiary/aromatic N) is 2. The summed E-state index contributed by atoms with van der Waals surface area (Å²) in [6.45, 7) is 0.587. The molecule has 148 valence electrons. The van der Waals surface area contributed by atoms with Crippen LogP contribution in [-0.4, -0.2) is 17.6 Å². The number of aromatic nitrogens is 1. The van der Waals surface area contributed by atoms with Crippen molar-refractivity contribution in [2.75, 3.05) is 16.8 Å². The zero-order valence-electron chi connectivity index (χ0n) is 15.8. The molecule has 0 aliphatic carbocycles. The van der Waals surface area contributed by atoms with Crippen LogP contribution in [0.25, 0.3) is 11.3 Å². The highest BCUT2D eigenvalue weighted by atomic mass is 32.2. The first kappa shape index (κ1) is 19.4. The molecule has 1 aliphatic rings. The van der Waals surface area contributed by atoms with E-state index in [1.807, 2.05) is 42.5 Å². The predicted molar refractivity (Wildman–Crippen MR) is 115 cm³/mol. The summed E-state index contributed by atoms with van der Waals surface area (Å²) < 4.78 is 14.1. The van der Waals surface area contributed by atoms with Gasteiger partial charge in [-0.05, 0) is 73.2 Å². The second kappa shape index (κ2) is 8.63. The molecule has 0 spiro atoms.